The Bertz CT molecular complexity index is 662. The van der Waals surface area contributed by atoms with E-state index in [0.29, 0.717) is 11.6 Å². The molecule has 7 nitrogen and oxygen atoms in total. The molecule has 24 heavy (non-hydrogen) atoms. The Labute approximate surface area is 146 Å². The van der Waals surface area contributed by atoms with E-state index < -0.39 is 0 Å². The van der Waals surface area contributed by atoms with E-state index in [0.717, 1.165) is 38.3 Å². The highest BCUT2D eigenvalue weighted by molar-refractivity contribution is 6.32. The van der Waals surface area contributed by atoms with Crippen molar-refractivity contribution in [2.75, 3.05) is 24.5 Å². The smallest absolute Gasteiger partial charge is 0.315 e. The molecule has 1 aliphatic rings. The summed E-state index contributed by atoms with van der Waals surface area (Å²) in [7, 11) is 0. The van der Waals surface area contributed by atoms with Gasteiger partial charge in [-0.3, -0.25) is 4.68 Å². The molecule has 1 fully saturated rings. The first-order valence-corrected chi connectivity index (χ1v) is 8.47. The van der Waals surface area contributed by atoms with Crippen molar-refractivity contribution >= 4 is 23.4 Å². The van der Waals surface area contributed by atoms with Gasteiger partial charge >= 0.3 is 6.03 Å². The third-order valence-electron chi connectivity index (χ3n) is 3.97. The zero-order valence-electron chi connectivity index (χ0n) is 13.4. The van der Waals surface area contributed by atoms with Gasteiger partial charge in [0, 0.05) is 50.8 Å². The second-order valence-electron chi connectivity index (χ2n) is 5.76. The lowest BCUT2D eigenvalue weighted by molar-refractivity contribution is 0.237. The summed E-state index contributed by atoms with van der Waals surface area (Å²) in [6.45, 7) is 2.97. The Balaban J connectivity index is 1.37. The summed E-state index contributed by atoms with van der Waals surface area (Å²) in [5, 5.41) is 10.7. The molecule has 128 valence electrons. The molecule has 1 aliphatic heterocycles. The predicted octanol–water partition coefficient (Wildman–Crippen LogP) is 1.90. The highest BCUT2D eigenvalue weighted by Gasteiger charge is 2.25. The Morgan fingerprint density at radius 1 is 1.38 bits per heavy atom. The number of aryl methyl sites for hydroxylation is 1. The minimum absolute atomic E-state index is 0.106. The van der Waals surface area contributed by atoms with Gasteiger partial charge in [0.05, 0.1) is 5.02 Å². The van der Waals surface area contributed by atoms with Crippen LogP contribution in [0.25, 0.3) is 0 Å². The Morgan fingerprint density at radius 3 is 3.08 bits per heavy atom. The maximum Gasteiger partial charge on any atom is 0.315 e. The van der Waals surface area contributed by atoms with E-state index in [1.54, 1.807) is 12.4 Å². The fourth-order valence-electron chi connectivity index (χ4n) is 2.79. The number of rotatable bonds is 6. The fraction of sp³-hybridized carbons (Fsp3) is 0.438. The number of anilines is 1. The van der Waals surface area contributed by atoms with Gasteiger partial charge in [0.2, 0.25) is 0 Å². The average molecular weight is 349 g/mol. The van der Waals surface area contributed by atoms with E-state index in [4.69, 9.17) is 11.6 Å². The van der Waals surface area contributed by atoms with Crippen LogP contribution < -0.4 is 15.5 Å². The number of nitrogens with zero attached hydrogens (tertiary/aromatic N) is 4. The quantitative estimate of drug-likeness (QED) is 0.782. The summed E-state index contributed by atoms with van der Waals surface area (Å²) in [6.07, 6.45) is 7.12. The van der Waals surface area contributed by atoms with Gasteiger partial charge in [-0.1, -0.05) is 11.6 Å². The number of halogens is 1. The molecule has 0 spiro atoms. The van der Waals surface area contributed by atoms with Crippen LogP contribution in [-0.2, 0) is 6.54 Å². The number of aromatic nitrogens is 3. The number of amides is 2. The minimum atomic E-state index is -0.130. The molecular formula is C16H21ClN6O. The van der Waals surface area contributed by atoms with Crippen molar-refractivity contribution in [2.45, 2.75) is 25.4 Å². The monoisotopic (exact) mass is 348 g/mol. The lowest BCUT2D eigenvalue weighted by Crippen LogP contribution is -2.43. The maximum absolute atomic E-state index is 12.0. The normalized spacial score (nSPS) is 17.0. The van der Waals surface area contributed by atoms with Crippen LogP contribution in [0, 0.1) is 0 Å². The van der Waals surface area contributed by atoms with Gasteiger partial charge < -0.3 is 15.5 Å². The lowest BCUT2D eigenvalue weighted by Gasteiger charge is -2.19. The van der Waals surface area contributed by atoms with E-state index in [1.807, 2.05) is 29.1 Å². The van der Waals surface area contributed by atoms with Crippen molar-refractivity contribution in [3.63, 3.8) is 0 Å². The topological polar surface area (TPSA) is 75.1 Å². The number of carbonyl (C=O) groups excluding carboxylic acids is 1. The summed E-state index contributed by atoms with van der Waals surface area (Å²) < 4.78 is 1.85. The molecule has 0 bridgehead atoms. The summed E-state index contributed by atoms with van der Waals surface area (Å²) in [5.74, 6) is 0.781. The average Bonchev–Trinajstić information content (AvgIpc) is 3.24. The summed E-state index contributed by atoms with van der Waals surface area (Å²) in [6, 6.07) is 5.51. The molecular weight excluding hydrogens is 328 g/mol. The first-order valence-electron chi connectivity index (χ1n) is 8.09. The number of pyridine rings is 1. The second-order valence-corrected chi connectivity index (χ2v) is 6.17. The van der Waals surface area contributed by atoms with Crippen LogP contribution in [0.4, 0.5) is 10.6 Å². The van der Waals surface area contributed by atoms with Gasteiger partial charge in [-0.15, -0.1) is 0 Å². The number of urea groups is 1. The molecule has 0 saturated carbocycles. The Morgan fingerprint density at radius 2 is 2.29 bits per heavy atom. The largest absolute Gasteiger partial charge is 0.353 e. The SMILES string of the molecule is O=C(NCCCn1cccn1)NC1CCN(c2ncccc2Cl)C1. The molecule has 0 radical (unpaired) electrons. The first kappa shape index (κ1) is 16.6. The zero-order chi connectivity index (χ0) is 16.8. The highest BCUT2D eigenvalue weighted by Crippen LogP contribution is 2.25. The van der Waals surface area contributed by atoms with Gasteiger partial charge in [-0.2, -0.15) is 5.10 Å². The third-order valence-corrected chi connectivity index (χ3v) is 4.27. The summed E-state index contributed by atoms with van der Waals surface area (Å²) in [5.41, 5.74) is 0. The molecule has 0 aliphatic carbocycles. The van der Waals surface area contributed by atoms with Crippen molar-refractivity contribution in [3.8, 4) is 0 Å². The molecule has 1 atom stereocenters. The van der Waals surface area contributed by atoms with E-state index in [2.05, 4.69) is 25.6 Å². The lowest BCUT2D eigenvalue weighted by atomic mass is 10.3. The van der Waals surface area contributed by atoms with E-state index in [9.17, 15) is 4.79 Å². The number of hydrogen-bond donors (Lipinski definition) is 2. The zero-order valence-corrected chi connectivity index (χ0v) is 14.1. The van der Waals surface area contributed by atoms with Crippen molar-refractivity contribution in [1.29, 1.82) is 0 Å². The van der Waals surface area contributed by atoms with Crippen LogP contribution in [-0.4, -0.2) is 46.5 Å². The van der Waals surface area contributed by atoms with Crippen molar-refractivity contribution in [2.24, 2.45) is 0 Å². The molecule has 3 heterocycles. The van der Waals surface area contributed by atoms with Crippen LogP contribution in [0.15, 0.2) is 36.8 Å². The Kier molecular flexibility index (Phi) is 5.53. The molecule has 2 amide bonds. The first-order chi connectivity index (χ1) is 11.7. The van der Waals surface area contributed by atoms with Crippen LogP contribution in [0.5, 0.6) is 0 Å². The molecule has 1 unspecified atom stereocenters. The molecule has 0 aromatic carbocycles. The number of hydrogen-bond acceptors (Lipinski definition) is 4. The molecule has 2 N–H and O–H groups in total. The highest BCUT2D eigenvalue weighted by atomic mass is 35.5. The van der Waals surface area contributed by atoms with Crippen LogP contribution in [0.2, 0.25) is 5.02 Å². The van der Waals surface area contributed by atoms with Crippen molar-refractivity contribution < 1.29 is 4.79 Å². The standard InChI is InChI=1S/C16H21ClN6O/c17-14-4-1-6-18-15(14)22-11-5-13(12-22)21-16(24)19-7-2-9-23-10-3-8-20-23/h1,3-4,6,8,10,13H,2,5,7,9,11-12H2,(H2,19,21,24). The second kappa shape index (κ2) is 8.01. The minimum Gasteiger partial charge on any atom is -0.353 e. The van der Waals surface area contributed by atoms with E-state index in [-0.39, 0.29) is 12.1 Å². The van der Waals surface area contributed by atoms with Crippen LogP contribution in [0.3, 0.4) is 0 Å². The van der Waals surface area contributed by atoms with Crippen molar-refractivity contribution in [1.82, 2.24) is 25.4 Å². The maximum atomic E-state index is 12.0. The van der Waals surface area contributed by atoms with Crippen LogP contribution in [0.1, 0.15) is 12.8 Å². The predicted molar refractivity (Wildman–Crippen MR) is 93.2 cm³/mol. The molecule has 1 saturated heterocycles. The Hall–Kier alpha value is -2.28. The summed E-state index contributed by atoms with van der Waals surface area (Å²) in [4.78, 5) is 18.4. The van der Waals surface area contributed by atoms with Crippen molar-refractivity contribution in [3.05, 3.63) is 41.8 Å². The number of carbonyl (C=O) groups is 1. The van der Waals surface area contributed by atoms with Gasteiger partial charge in [0.25, 0.3) is 0 Å². The number of nitrogens with one attached hydrogen (secondary N) is 2. The van der Waals surface area contributed by atoms with Gasteiger partial charge in [-0.25, -0.2) is 9.78 Å². The molecule has 2 aromatic heterocycles. The molecule has 2 aromatic rings. The fourth-order valence-corrected chi connectivity index (χ4v) is 3.03. The van der Waals surface area contributed by atoms with Gasteiger partial charge in [0.15, 0.2) is 0 Å². The molecule has 3 rings (SSSR count). The van der Waals surface area contributed by atoms with Crippen LogP contribution >= 0.6 is 11.6 Å². The van der Waals surface area contributed by atoms with Gasteiger partial charge in [0.1, 0.15) is 5.82 Å². The molecule has 8 heteroatoms. The van der Waals surface area contributed by atoms with Gasteiger partial charge in [-0.05, 0) is 31.0 Å². The third kappa shape index (κ3) is 4.38. The van der Waals surface area contributed by atoms with E-state index in [1.165, 1.54) is 0 Å². The van der Waals surface area contributed by atoms with E-state index >= 15 is 0 Å². The summed E-state index contributed by atoms with van der Waals surface area (Å²) >= 11 is 6.17.